The summed E-state index contributed by atoms with van der Waals surface area (Å²) in [5, 5.41) is 3.92. The first-order valence-corrected chi connectivity index (χ1v) is 7.84. The van der Waals surface area contributed by atoms with Crippen LogP contribution in [0.2, 0.25) is 5.02 Å². The van der Waals surface area contributed by atoms with E-state index in [2.05, 4.69) is 37.2 Å². The fraction of sp³-hybridized carbons (Fsp3) is 0.143. The summed E-state index contributed by atoms with van der Waals surface area (Å²) in [5.74, 6) is -0.297. The van der Waals surface area contributed by atoms with E-state index in [-0.39, 0.29) is 11.9 Å². The molecule has 3 N–H and O–H groups in total. The van der Waals surface area contributed by atoms with E-state index in [9.17, 15) is 4.39 Å². The Morgan fingerprint density at radius 2 is 1.90 bits per heavy atom. The SMILES string of the molecule is NCC(Nc1ccc(F)c(Br)c1)c1ccc(Cl)c(Br)c1. The predicted octanol–water partition coefficient (Wildman–Crippen LogP) is 5.12. The van der Waals surface area contributed by atoms with E-state index in [0.29, 0.717) is 16.0 Å². The predicted molar refractivity (Wildman–Crippen MR) is 88.7 cm³/mol. The summed E-state index contributed by atoms with van der Waals surface area (Å²) >= 11 is 12.5. The highest BCUT2D eigenvalue weighted by Crippen LogP contribution is 2.28. The summed E-state index contributed by atoms with van der Waals surface area (Å²) in [7, 11) is 0. The average molecular weight is 423 g/mol. The van der Waals surface area contributed by atoms with Gasteiger partial charge in [-0.05, 0) is 67.8 Å². The van der Waals surface area contributed by atoms with E-state index >= 15 is 0 Å². The van der Waals surface area contributed by atoms with Crippen molar-refractivity contribution in [1.82, 2.24) is 0 Å². The van der Waals surface area contributed by atoms with Gasteiger partial charge in [0.15, 0.2) is 0 Å². The van der Waals surface area contributed by atoms with Gasteiger partial charge in [0.25, 0.3) is 0 Å². The molecule has 0 saturated carbocycles. The molecule has 1 unspecified atom stereocenters. The fourth-order valence-electron chi connectivity index (χ4n) is 1.79. The third-order valence-corrected chi connectivity index (χ3v) is 4.66. The first-order chi connectivity index (χ1) is 9.51. The zero-order chi connectivity index (χ0) is 14.7. The number of rotatable bonds is 4. The van der Waals surface area contributed by atoms with Crippen LogP contribution in [0.1, 0.15) is 11.6 Å². The number of hydrogen-bond acceptors (Lipinski definition) is 2. The maximum absolute atomic E-state index is 13.2. The zero-order valence-corrected chi connectivity index (χ0v) is 14.3. The van der Waals surface area contributed by atoms with Crippen LogP contribution in [-0.4, -0.2) is 6.54 Å². The molecule has 2 aromatic carbocycles. The molecule has 0 bridgehead atoms. The van der Waals surface area contributed by atoms with Crippen molar-refractivity contribution in [2.24, 2.45) is 5.73 Å². The molecule has 20 heavy (non-hydrogen) atoms. The molecule has 0 aliphatic rings. The second-order valence-corrected chi connectivity index (χ2v) is 6.35. The van der Waals surface area contributed by atoms with Crippen LogP contribution in [-0.2, 0) is 0 Å². The van der Waals surface area contributed by atoms with Crippen molar-refractivity contribution in [3.8, 4) is 0 Å². The molecule has 6 heteroatoms. The van der Waals surface area contributed by atoms with Crippen molar-refractivity contribution >= 4 is 49.1 Å². The largest absolute Gasteiger partial charge is 0.377 e. The highest BCUT2D eigenvalue weighted by Gasteiger charge is 2.12. The smallest absolute Gasteiger partial charge is 0.137 e. The third kappa shape index (κ3) is 3.73. The van der Waals surface area contributed by atoms with Crippen LogP contribution in [0.5, 0.6) is 0 Å². The number of nitrogens with one attached hydrogen (secondary N) is 1. The highest BCUT2D eigenvalue weighted by atomic mass is 79.9. The molecule has 2 nitrogen and oxygen atoms in total. The van der Waals surface area contributed by atoms with Gasteiger partial charge in [-0.2, -0.15) is 0 Å². The quantitative estimate of drug-likeness (QED) is 0.718. The topological polar surface area (TPSA) is 38.0 Å². The number of hydrogen-bond donors (Lipinski definition) is 2. The Labute approximate surface area is 138 Å². The van der Waals surface area contributed by atoms with Gasteiger partial charge in [0.1, 0.15) is 5.82 Å². The first-order valence-electron chi connectivity index (χ1n) is 5.88. The Kier molecular flexibility index (Phi) is 5.43. The van der Waals surface area contributed by atoms with Crippen molar-refractivity contribution in [2.75, 3.05) is 11.9 Å². The molecule has 0 spiro atoms. The standard InChI is InChI=1S/C14H12Br2ClFN2/c15-10-5-8(1-3-12(10)17)14(7-19)20-9-2-4-13(18)11(16)6-9/h1-6,14,20H,7,19H2. The molecule has 0 aliphatic carbocycles. The lowest BCUT2D eigenvalue weighted by Crippen LogP contribution is -2.20. The molecule has 0 heterocycles. The first kappa shape index (κ1) is 15.8. The van der Waals surface area contributed by atoms with Crippen LogP contribution >= 0.6 is 43.5 Å². The van der Waals surface area contributed by atoms with Crippen molar-refractivity contribution in [1.29, 1.82) is 0 Å². The van der Waals surface area contributed by atoms with Gasteiger partial charge >= 0.3 is 0 Å². The van der Waals surface area contributed by atoms with Gasteiger partial charge in [-0.3, -0.25) is 0 Å². The van der Waals surface area contributed by atoms with E-state index < -0.39 is 0 Å². The molecule has 106 valence electrons. The molecule has 2 rings (SSSR count). The number of anilines is 1. The number of nitrogens with two attached hydrogens (primary N) is 1. The monoisotopic (exact) mass is 420 g/mol. The maximum Gasteiger partial charge on any atom is 0.137 e. The summed E-state index contributed by atoms with van der Waals surface area (Å²) in [6, 6.07) is 10.3. The molecule has 0 aromatic heterocycles. The minimum absolute atomic E-state index is 0.0825. The van der Waals surface area contributed by atoms with Crippen LogP contribution in [0, 0.1) is 5.82 Å². The van der Waals surface area contributed by atoms with Gasteiger partial charge < -0.3 is 11.1 Å². The van der Waals surface area contributed by atoms with Crippen LogP contribution < -0.4 is 11.1 Å². The molecule has 0 aliphatic heterocycles. The van der Waals surface area contributed by atoms with Gasteiger partial charge in [0.2, 0.25) is 0 Å². The second kappa shape index (κ2) is 6.89. The lowest BCUT2D eigenvalue weighted by molar-refractivity contribution is 0.621. The number of benzene rings is 2. The van der Waals surface area contributed by atoms with Crippen molar-refractivity contribution < 1.29 is 4.39 Å². The fourth-order valence-corrected chi connectivity index (χ4v) is 2.69. The van der Waals surface area contributed by atoms with Crippen molar-refractivity contribution in [3.63, 3.8) is 0 Å². The summed E-state index contributed by atoms with van der Waals surface area (Å²) in [6.07, 6.45) is 0. The Balaban J connectivity index is 2.23. The van der Waals surface area contributed by atoms with Crippen LogP contribution in [0.25, 0.3) is 0 Å². The van der Waals surface area contributed by atoms with Crippen molar-refractivity contribution in [2.45, 2.75) is 6.04 Å². The molecular weight excluding hydrogens is 410 g/mol. The molecule has 0 amide bonds. The summed E-state index contributed by atoms with van der Waals surface area (Å²) in [4.78, 5) is 0. The van der Waals surface area contributed by atoms with Gasteiger partial charge in [-0.15, -0.1) is 0 Å². The molecular formula is C14H12Br2ClFN2. The Hall–Kier alpha value is -0.620. The Bertz CT molecular complexity index is 622. The van der Waals surface area contributed by atoms with E-state index in [0.717, 1.165) is 15.7 Å². The zero-order valence-electron chi connectivity index (χ0n) is 10.3. The van der Waals surface area contributed by atoms with Crippen LogP contribution in [0.15, 0.2) is 45.3 Å². The van der Waals surface area contributed by atoms with E-state index in [1.54, 1.807) is 12.1 Å². The van der Waals surface area contributed by atoms with Gasteiger partial charge in [-0.25, -0.2) is 4.39 Å². The second-order valence-electron chi connectivity index (χ2n) is 4.24. The molecule has 1 atom stereocenters. The third-order valence-electron chi connectivity index (χ3n) is 2.84. The van der Waals surface area contributed by atoms with Crippen molar-refractivity contribution in [3.05, 3.63) is 61.7 Å². The molecule has 0 fully saturated rings. The van der Waals surface area contributed by atoms with E-state index in [1.807, 2.05) is 18.2 Å². The Morgan fingerprint density at radius 3 is 2.50 bits per heavy atom. The van der Waals surface area contributed by atoms with Crippen LogP contribution in [0.3, 0.4) is 0 Å². The molecule has 0 radical (unpaired) electrons. The summed E-state index contributed by atoms with van der Waals surface area (Å²) in [5.41, 5.74) is 7.61. The van der Waals surface area contributed by atoms with Gasteiger partial charge in [0, 0.05) is 16.7 Å². The molecule has 2 aromatic rings. The summed E-state index contributed by atoms with van der Waals surface area (Å²) < 4.78 is 14.4. The lowest BCUT2D eigenvalue weighted by Gasteiger charge is -2.19. The summed E-state index contributed by atoms with van der Waals surface area (Å²) in [6.45, 7) is 0.406. The van der Waals surface area contributed by atoms with E-state index in [1.165, 1.54) is 6.07 Å². The average Bonchev–Trinajstić information content (AvgIpc) is 2.43. The highest BCUT2D eigenvalue weighted by molar-refractivity contribution is 9.10. The van der Waals surface area contributed by atoms with Crippen LogP contribution in [0.4, 0.5) is 10.1 Å². The normalized spacial score (nSPS) is 12.2. The Morgan fingerprint density at radius 1 is 1.15 bits per heavy atom. The van der Waals surface area contributed by atoms with E-state index in [4.69, 9.17) is 17.3 Å². The minimum atomic E-state index is -0.297. The molecule has 0 saturated heterocycles. The lowest BCUT2D eigenvalue weighted by atomic mass is 10.1. The minimum Gasteiger partial charge on any atom is -0.377 e. The van der Waals surface area contributed by atoms with Gasteiger partial charge in [-0.1, -0.05) is 17.7 Å². The maximum atomic E-state index is 13.2. The van der Waals surface area contributed by atoms with Gasteiger partial charge in [0.05, 0.1) is 15.5 Å². The number of halogens is 4.